The molecule has 0 aliphatic carbocycles. The minimum Gasteiger partial charge on any atom is -0.293 e. The summed E-state index contributed by atoms with van der Waals surface area (Å²) in [5.74, 6) is -1.16. The summed E-state index contributed by atoms with van der Waals surface area (Å²) < 4.78 is 50.8. The molecule has 0 aliphatic rings. The van der Waals surface area contributed by atoms with Gasteiger partial charge in [-0.05, 0) is 18.2 Å². The Bertz CT molecular complexity index is 359. The van der Waals surface area contributed by atoms with Crippen LogP contribution in [-0.4, -0.2) is 29.7 Å². The molecule has 0 radical (unpaired) electrons. The molecule has 0 fully saturated rings. The van der Waals surface area contributed by atoms with Crippen LogP contribution < -0.4 is 0 Å². The van der Waals surface area contributed by atoms with Gasteiger partial charge in [0.15, 0.2) is 0 Å². The molecule has 1 rings (SSSR count). The first-order valence-electron chi connectivity index (χ1n) is 5.03. The second-order valence-corrected chi connectivity index (χ2v) is 4.34. The van der Waals surface area contributed by atoms with Gasteiger partial charge in [0.25, 0.3) is 6.43 Å². The molecule has 0 atom stereocenters. The van der Waals surface area contributed by atoms with Gasteiger partial charge in [0.2, 0.25) is 0 Å². The predicted molar refractivity (Wildman–Crippen MR) is 61.4 cm³/mol. The highest BCUT2D eigenvalue weighted by Gasteiger charge is 2.14. The Labute approximate surface area is 106 Å². The lowest BCUT2D eigenvalue weighted by atomic mass is 10.2. The number of halogens is 5. The van der Waals surface area contributed by atoms with Crippen LogP contribution in [0.25, 0.3) is 0 Å². The third-order valence-electron chi connectivity index (χ3n) is 2.20. The summed E-state index contributed by atoms with van der Waals surface area (Å²) in [6, 6.07) is 3.03. The van der Waals surface area contributed by atoms with E-state index in [4.69, 9.17) is 0 Å². The van der Waals surface area contributed by atoms with E-state index in [1.54, 1.807) is 0 Å². The highest BCUT2D eigenvalue weighted by molar-refractivity contribution is 9.09. The largest absolute Gasteiger partial charge is 0.293 e. The maximum atomic E-state index is 13.3. The average Bonchev–Trinajstić information content (AvgIpc) is 2.23. The van der Waals surface area contributed by atoms with Crippen LogP contribution in [0.1, 0.15) is 5.56 Å². The molecular formula is C11H12BrF4N. The Balaban J connectivity index is 2.74. The van der Waals surface area contributed by atoms with Crippen LogP contribution in [0.2, 0.25) is 0 Å². The monoisotopic (exact) mass is 313 g/mol. The fourth-order valence-electron chi connectivity index (χ4n) is 1.45. The first kappa shape index (κ1) is 14.4. The molecular weight excluding hydrogens is 302 g/mol. The quantitative estimate of drug-likeness (QED) is 0.574. The van der Waals surface area contributed by atoms with Crippen molar-refractivity contribution >= 4 is 15.9 Å². The summed E-state index contributed by atoms with van der Waals surface area (Å²) in [5, 5.41) is 0.497. The van der Waals surface area contributed by atoms with Crippen LogP contribution in [0, 0.1) is 11.6 Å². The molecule has 6 heteroatoms. The van der Waals surface area contributed by atoms with Crippen LogP contribution in [-0.2, 0) is 6.54 Å². The molecule has 0 saturated heterocycles. The molecule has 0 aliphatic heterocycles. The van der Waals surface area contributed by atoms with E-state index >= 15 is 0 Å². The lowest BCUT2D eigenvalue weighted by Crippen LogP contribution is -2.30. The standard InChI is InChI=1S/C11H12BrF4N/c12-3-4-17(7-11(15)16)6-8-5-9(13)1-2-10(8)14/h1-2,5,11H,3-4,6-7H2. The van der Waals surface area contributed by atoms with Crippen molar-refractivity contribution in [3.63, 3.8) is 0 Å². The average molecular weight is 314 g/mol. The van der Waals surface area contributed by atoms with E-state index in [1.165, 1.54) is 4.90 Å². The van der Waals surface area contributed by atoms with E-state index < -0.39 is 24.6 Å². The number of hydrogen-bond acceptors (Lipinski definition) is 1. The SMILES string of the molecule is Fc1ccc(F)c(CN(CCBr)CC(F)F)c1. The van der Waals surface area contributed by atoms with E-state index in [1.807, 2.05) is 0 Å². The minimum absolute atomic E-state index is 0.0282. The molecule has 96 valence electrons. The van der Waals surface area contributed by atoms with Gasteiger partial charge in [-0.3, -0.25) is 4.90 Å². The molecule has 1 aromatic carbocycles. The van der Waals surface area contributed by atoms with Crippen LogP contribution in [0.4, 0.5) is 17.6 Å². The molecule has 0 amide bonds. The molecule has 0 unspecified atom stereocenters. The molecule has 0 spiro atoms. The molecule has 0 aromatic heterocycles. The summed E-state index contributed by atoms with van der Waals surface area (Å²) in [6.07, 6.45) is -2.49. The first-order chi connectivity index (χ1) is 8.02. The van der Waals surface area contributed by atoms with Crippen LogP contribution in [0.3, 0.4) is 0 Å². The van der Waals surface area contributed by atoms with E-state index in [0.29, 0.717) is 11.9 Å². The lowest BCUT2D eigenvalue weighted by Gasteiger charge is -2.21. The molecule has 0 heterocycles. The number of hydrogen-bond donors (Lipinski definition) is 0. The van der Waals surface area contributed by atoms with Gasteiger partial charge in [0.05, 0.1) is 6.54 Å². The zero-order valence-corrected chi connectivity index (χ0v) is 10.6. The van der Waals surface area contributed by atoms with Gasteiger partial charge in [-0.25, -0.2) is 17.6 Å². The number of nitrogens with zero attached hydrogens (tertiary/aromatic N) is 1. The highest BCUT2D eigenvalue weighted by atomic mass is 79.9. The van der Waals surface area contributed by atoms with Crippen molar-refractivity contribution < 1.29 is 17.6 Å². The summed E-state index contributed by atoms with van der Waals surface area (Å²) in [5.41, 5.74) is 0.0894. The number of alkyl halides is 3. The van der Waals surface area contributed by atoms with Crippen molar-refractivity contribution in [2.24, 2.45) is 0 Å². The van der Waals surface area contributed by atoms with Crippen molar-refractivity contribution in [1.82, 2.24) is 4.90 Å². The fraction of sp³-hybridized carbons (Fsp3) is 0.455. The van der Waals surface area contributed by atoms with Gasteiger partial charge in [0.1, 0.15) is 11.6 Å². The van der Waals surface area contributed by atoms with Crippen molar-refractivity contribution in [1.29, 1.82) is 0 Å². The van der Waals surface area contributed by atoms with Crippen LogP contribution in [0.15, 0.2) is 18.2 Å². The third kappa shape index (κ3) is 5.04. The van der Waals surface area contributed by atoms with Gasteiger partial charge in [-0.1, -0.05) is 15.9 Å². The highest BCUT2D eigenvalue weighted by Crippen LogP contribution is 2.13. The normalized spacial score (nSPS) is 11.5. The lowest BCUT2D eigenvalue weighted by molar-refractivity contribution is 0.0875. The maximum Gasteiger partial charge on any atom is 0.251 e. The summed E-state index contributed by atoms with van der Waals surface area (Å²) in [7, 11) is 0. The van der Waals surface area contributed by atoms with Gasteiger partial charge in [-0.2, -0.15) is 0 Å². The van der Waals surface area contributed by atoms with Crippen molar-refractivity contribution in [3.05, 3.63) is 35.4 Å². The summed E-state index contributed by atoms with van der Waals surface area (Å²) in [6.45, 7) is -0.138. The van der Waals surface area contributed by atoms with Gasteiger partial charge in [0, 0.05) is 24.0 Å². The van der Waals surface area contributed by atoms with E-state index in [0.717, 1.165) is 18.2 Å². The van der Waals surface area contributed by atoms with Crippen molar-refractivity contribution in [2.45, 2.75) is 13.0 Å². The Hall–Kier alpha value is -0.620. The molecule has 1 nitrogen and oxygen atoms in total. The molecule has 1 aromatic rings. The van der Waals surface area contributed by atoms with E-state index in [-0.39, 0.29) is 12.1 Å². The fourth-order valence-corrected chi connectivity index (χ4v) is 1.96. The zero-order valence-electron chi connectivity index (χ0n) is 8.97. The van der Waals surface area contributed by atoms with Crippen LogP contribution >= 0.6 is 15.9 Å². The number of benzene rings is 1. The van der Waals surface area contributed by atoms with Gasteiger partial charge in [-0.15, -0.1) is 0 Å². The topological polar surface area (TPSA) is 3.24 Å². The molecule has 0 N–H and O–H groups in total. The molecule has 17 heavy (non-hydrogen) atoms. The predicted octanol–water partition coefficient (Wildman–Crippen LogP) is 3.43. The smallest absolute Gasteiger partial charge is 0.251 e. The first-order valence-corrected chi connectivity index (χ1v) is 6.15. The molecule has 0 saturated carbocycles. The Morgan fingerprint density at radius 2 is 1.94 bits per heavy atom. The number of rotatable bonds is 6. The van der Waals surface area contributed by atoms with E-state index in [2.05, 4.69) is 15.9 Å². The second kappa shape index (κ2) is 6.96. The Morgan fingerprint density at radius 1 is 1.24 bits per heavy atom. The van der Waals surface area contributed by atoms with E-state index in [9.17, 15) is 17.6 Å². The zero-order chi connectivity index (χ0) is 12.8. The maximum absolute atomic E-state index is 13.3. The summed E-state index contributed by atoms with van der Waals surface area (Å²) >= 11 is 3.13. The van der Waals surface area contributed by atoms with Crippen molar-refractivity contribution in [2.75, 3.05) is 18.4 Å². The molecule has 0 bridgehead atoms. The van der Waals surface area contributed by atoms with Gasteiger partial charge >= 0.3 is 0 Å². The minimum atomic E-state index is -2.49. The Morgan fingerprint density at radius 3 is 2.53 bits per heavy atom. The van der Waals surface area contributed by atoms with Crippen molar-refractivity contribution in [3.8, 4) is 0 Å². The van der Waals surface area contributed by atoms with Crippen LogP contribution in [0.5, 0.6) is 0 Å². The summed E-state index contributed by atoms with van der Waals surface area (Å²) in [4.78, 5) is 1.37. The third-order valence-corrected chi connectivity index (χ3v) is 2.55. The Kier molecular flexibility index (Phi) is 5.91. The van der Waals surface area contributed by atoms with Gasteiger partial charge < -0.3 is 0 Å². The second-order valence-electron chi connectivity index (χ2n) is 3.55.